The summed E-state index contributed by atoms with van der Waals surface area (Å²) in [7, 11) is 2.17. The fourth-order valence-corrected chi connectivity index (χ4v) is 2.47. The van der Waals surface area contributed by atoms with Crippen molar-refractivity contribution in [1.29, 1.82) is 0 Å². The lowest BCUT2D eigenvalue weighted by atomic mass is 10.1. The SMILES string of the molecule is CCN(CC)CCNCCN(C)C(C)c1ccc(Cl)cc1. The molecule has 0 saturated carbocycles. The Morgan fingerprint density at radius 1 is 1.05 bits per heavy atom. The monoisotopic (exact) mass is 311 g/mol. The molecule has 0 aromatic heterocycles. The van der Waals surface area contributed by atoms with Gasteiger partial charge in [-0.2, -0.15) is 0 Å². The van der Waals surface area contributed by atoms with Gasteiger partial charge in [0.1, 0.15) is 0 Å². The number of hydrogen-bond donors (Lipinski definition) is 1. The van der Waals surface area contributed by atoms with Crippen LogP contribution < -0.4 is 5.32 Å². The highest BCUT2D eigenvalue weighted by Crippen LogP contribution is 2.20. The van der Waals surface area contributed by atoms with E-state index in [0.29, 0.717) is 6.04 Å². The first kappa shape index (κ1) is 18.4. The molecule has 0 fully saturated rings. The molecule has 0 saturated heterocycles. The molecule has 1 atom stereocenters. The number of nitrogens with zero attached hydrogens (tertiary/aromatic N) is 2. The predicted octanol–water partition coefficient (Wildman–Crippen LogP) is 3.26. The van der Waals surface area contributed by atoms with Crippen LogP contribution in [0.15, 0.2) is 24.3 Å². The Morgan fingerprint density at radius 3 is 2.19 bits per heavy atom. The van der Waals surface area contributed by atoms with Crippen LogP contribution in [0.2, 0.25) is 5.02 Å². The number of halogens is 1. The van der Waals surface area contributed by atoms with Gasteiger partial charge in [0.2, 0.25) is 0 Å². The number of likely N-dealkylation sites (N-methyl/N-ethyl adjacent to an activating group) is 2. The highest BCUT2D eigenvalue weighted by atomic mass is 35.5. The summed E-state index contributed by atoms with van der Waals surface area (Å²) in [6.07, 6.45) is 0. The van der Waals surface area contributed by atoms with Crippen molar-refractivity contribution in [3.05, 3.63) is 34.9 Å². The van der Waals surface area contributed by atoms with Crippen LogP contribution in [0.3, 0.4) is 0 Å². The molecule has 0 radical (unpaired) electrons. The van der Waals surface area contributed by atoms with E-state index in [-0.39, 0.29) is 0 Å². The summed E-state index contributed by atoms with van der Waals surface area (Å²) in [6.45, 7) is 13.2. The van der Waals surface area contributed by atoms with Gasteiger partial charge in [-0.05, 0) is 44.8 Å². The van der Waals surface area contributed by atoms with E-state index in [1.165, 1.54) is 5.56 Å². The van der Waals surface area contributed by atoms with Gasteiger partial charge in [0, 0.05) is 37.2 Å². The molecule has 4 heteroatoms. The molecule has 0 aliphatic rings. The lowest BCUT2D eigenvalue weighted by Crippen LogP contribution is -2.36. The van der Waals surface area contributed by atoms with Gasteiger partial charge in [-0.1, -0.05) is 37.6 Å². The molecular weight excluding hydrogens is 282 g/mol. The van der Waals surface area contributed by atoms with Crippen LogP contribution in [-0.4, -0.2) is 56.1 Å². The lowest BCUT2D eigenvalue weighted by Gasteiger charge is -2.25. The zero-order valence-electron chi connectivity index (χ0n) is 13.9. The Kier molecular flexibility index (Phi) is 8.93. The molecule has 0 bridgehead atoms. The summed E-state index contributed by atoms with van der Waals surface area (Å²) < 4.78 is 0. The van der Waals surface area contributed by atoms with Gasteiger partial charge in [-0.15, -0.1) is 0 Å². The summed E-state index contributed by atoms with van der Waals surface area (Å²) in [6, 6.07) is 8.55. The third kappa shape index (κ3) is 6.79. The molecule has 21 heavy (non-hydrogen) atoms. The minimum absolute atomic E-state index is 0.409. The highest BCUT2D eigenvalue weighted by molar-refractivity contribution is 6.30. The predicted molar refractivity (Wildman–Crippen MR) is 93.2 cm³/mol. The van der Waals surface area contributed by atoms with Crippen molar-refractivity contribution < 1.29 is 0 Å². The Bertz CT molecular complexity index is 376. The molecule has 0 aliphatic heterocycles. The molecule has 1 unspecified atom stereocenters. The van der Waals surface area contributed by atoms with Gasteiger partial charge in [0.05, 0.1) is 0 Å². The number of rotatable bonds is 10. The standard InChI is InChI=1S/C17H30ClN3/c1-5-21(6-2)14-12-19-11-13-20(4)15(3)16-7-9-17(18)10-8-16/h7-10,15,19H,5-6,11-14H2,1-4H3. The topological polar surface area (TPSA) is 18.5 Å². The smallest absolute Gasteiger partial charge is 0.0406 e. The van der Waals surface area contributed by atoms with E-state index >= 15 is 0 Å². The van der Waals surface area contributed by atoms with Crippen molar-refractivity contribution in [2.24, 2.45) is 0 Å². The van der Waals surface area contributed by atoms with Crippen molar-refractivity contribution in [3.63, 3.8) is 0 Å². The molecule has 0 amide bonds. The van der Waals surface area contributed by atoms with E-state index < -0.39 is 0 Å². The van der Waals surface area contributed by atoms with Crippen LogP contribution in [0, 0.1) is 0 Å². The Morgan fingerprint density at radius 2 is 1.62 bits per heavy atom. The average molecular weight is 312 g/mol. The van der Waals surface area contributed by atoms with Crippen LogP contribution in [0.5, 0.6) is 0 Å². The fraction of sp³-hybridized carbons (Fsp3) is 0.647. The zero-order chi connectivity index (χ0) is 15.7. The molecule has 3 nitrogen and oxygen atoms in total. The van der Waals surface area contributed by atoms with Crippen LogP contribution in [0.4, 0.5) is 0 Å². The molecule has 0 spiro atoms. The number of hydrogen-bond acceptors (Lipinski definition) is 3. The van der Waals surface area contributed by atoms with Crippen LogP contribution in [0.1, 0.15) is 32.4 Å². The highest BCUT2D eigenvalue weighted by Gasteiger charge is 2.10. The van der Waals surface area contributed by atoms with Gasteiger partial charge < -0.3 is 10.2 Å². The van der Waals surface area contributed by atoms with Crippen molar-refractivity contribution in [1.82, 2.24) is 15.1 Å². The summed E-state index contributed by atoms with van der Waals surface area (Å²) in [5, 5.41) is 4.32. The molecule has 1 aromatic carbocycles. The summed E-state index contributed by atoms with van der Waals surface area (Å²) in [5.74, 6) is 0. The Hall–Kier alpha value is -0.610. The normalized spacial score (nSPS) is 13.1. The first-order valence-corrected chi connectivity index (χ1v) is 8.35. The number of benzene rings is 1. The summed E-state index contributed by atoms with van der Waals surface area (Å²) in [5.41, 5.74) is 1.31. The second kappa shape index (κ2) is 10.2. The lowest BCUT2D eigenvalue weighted by molar-refractivity contribution is 0.255. The second-order valence-electron chi connectivity index (χ2n) is 5.49. The van der Waals surface area contributed by atoms with Crippen molar-refractivity contribution in [2.75, 3.05) is 46.3 Å². The van der Waals surface area contributed by atoms with Gasteiger partial charge in [-0.3, -0.25) is 4.90 Å². The third-order valence-corrected chi connectivity index (χ3v) is 4.41. The van der Waals surface area contributed by atoms with Crippen LogP contribution in [0.25, 0.3) is 0 Å². The minimum Gasteiger partial charge on any atom is -0.314 e. The van der Waals surface area contributed by atoms with E-state index in [1.807, 2.05) is 12.1 Å². The molecule has 0 heterocycles. The molecule has 1 N–H and O–H groups in total. The summed E-state index contributed by atoms with van der Waals surface area (Å²) >= 11 is 5.94. The first-order valence-electron chi connectivity index (χ1n) is 7.97. The summed E-state index contributed by atoms with van der Waals surface area (Å²) in [4.78, 5) is 4.81. The van der Waals surface area contributed by atoms with Crippen LogP contribution >= 0.6 is 11.6 Å². The van der Waals surface area contributed by atoms with Crippen molar-refractivity contribution in [2.45, 2.75) is 26.8 Å². The molecule has 1 rings (SSSR count). The van der Waals surface area contributed by atoms with Gasteiger partial charge in [0.25, 0.3) is 0 Å². The molecular formula is C17H30ClN3. The quantitative estimate of drug-likeness (QED) is 0.669. The third-order valence-electron chi connectivity index (χ3n) is 4.15. The van der Waals surface area contributed by atoms with E-state index in [0.717, 1.165) is 44.3 Å². The maximum atomic E-state index is 5.94. The van der Waals surface area contributed by atoms with E-state index in [9.17, 15) is 0 Å². The van der Waals surface area contributed by atoms with Gasteiger partial charge in [0.15, 0.2) is 0 Å². The van der Waals surface area contributed by atoms with Gasteiger partial charge in [-0.25, -0.2) is 0 Å². The van der Waals surface area contributed by atoms with Crippen molar-refractivity contribution >= 4 is 11.6 Å². The molecule has 120 valence electrons. The molecule has 1 aromatic rings. The fourth-order valence-electron chi connectivity index (χ4n) is 2.35. The van der Waals surface area contributed by atoms with E-state index in [1.54, 1.807) is 0 Å². The second-order valence-corrected chi connectivity index (χ2v) is 5.92. The van der Waals surface area contributed by atoms with E-state index in [4.69, 9.17) is 11.6 Å². The Balaban J connectivity index is 2.24. The average Bonchev–Trinajstić information content (AvgIpc) is 2.50. The first-order chi connectivity index (χ1) is 10.1. The van der Waals surface area contributed by atoms with Crippen molar-refractivity contribution in [3.8, 4) is 0 Å². The largest absolute Gasteiger partial charge is 0.314 e. The van der Waals surface area contributed by atoms with Crippen LogP contribution in [-0.2, 0) is 0 Å². The van der Waals surface area contributed by atoms with E-state index in [2.05, 4.69) is 55.1 Å². The number of nitrogens with one attached hydrogen (secondary N) is 1. The van der Waals surface area contributed by atoms with Gasteiger partial charge >= 0.3 is 0 Å². The maximum Gasteiger partial charge on any atom is 0.0406 e. The minimum atomic E-state index is 0.409. The maximum absolute atomic E-state index is 5.94. The molecule has 0 aliphatic carbocycles. The Labute approximate surface area is 135 Å². The zero-order valence-corrected chi connectivity index (χ0v) is 14.7.